The number of aromatic carboxylic acids is 1. The van der Waals surface area contributed by atoms with Crippen molar-refractivity contribution in [2.45, 2.75) is 0 Å². The molecule has 0 spiro atoms. The predicted octanol–water partition coefficient (Wildman–Crippen LogP) is 2.14. The standard InChI is InChI=1S/C10H7ClO4/c11-8-4-6(1-2-9(12)13)3-7(5-8)10(14)15/h1-5H,(H,12,13)(H,14,15). The van der Waals surface area contributed by atoms with E-state index in [9.17, 15) is 9.59 Å². The number of carbonyl (C=O) groups is 2. The van der Waals surface area contributed by atoms with Gasteiger partial charge in [-0.25, -0.2) is 9.59 Å². The first kappa shape index (κ1) is 11.3. The first-order valence-corrected chi connectivity index (χ1v) is 4.32. The molecule has 0 fully saturated rings. The fraction of sp³-hybridized carbons (Fsp3) is 0. The first-order chi connectivity index (χ1) is 6.99. The van der Waals surface area contributed by atoms with E-state index >= 15 is 0 Å². The summed E-state index contributed by atoms with van der Waals surface area (Å²) in [5.41, 5.74) is 0.454. The molecule has 0 amide bonds. The highest BCUT2D eigenvalue weighted by Crippen LogP contribution is 2.16. The smallest absolute Gasteiger partial charge is 0.335 e. The Hall–Kier alpha value is -1.81. The van der Waals surface area contributed by atoms with E-state index in [1.54, 1.807) is 0 Å². The van der Waals surface area contributed by atoms with Crippen molar-refractivity contribution >= 4 is 29.6 Å². The number of aliphatic carboxylic acids is 1. The molecule has 2 N–H and O–H groups in total. The Labute approximate surface area is 90.4 Å². The molecule has 15 heavy (non-hydrogen) atoms. The molecule has 0 unspecified atom stereocenters. The Kier molecular flexibility index (Phi) is 3.46. The minimum Gasteiger partial charge on any atom is -0.478 e. The van der Waals surface area contributed by atoms with Crippen LogP contribution in [0.4, 0.5) is 0 Å². The second kappa shape index (κ2) is 4.61. The average molecular weight is 227 g/mol. The van der Waals surface area contributed by atoms with Crippen molar-refractivity contribution in [1.82, 2.24) is 0 Å². The Morgan fingerprint density at radius 1 is 1.20 bits per heavy atom. The van der Waals surface area contributed by atoms with Gasteiger partial charge < -0.3 is 10.2 Å². The van der Waals surface area contributed by atoms with Crippen molar-refractivity contribution in [2.75, 3.05) is 0 Å². The maximum Gasteiger partial charge on any atom is 0.335 e. The fourth-order valence-electron chi connectivity index (χ4n) is 1.000. The van der Waals surface area contributed by atoms with Crippen LogP contribution in [0.2, 0.25) is 5.02 Å². The molecule has 0 radical (unpaired) electrons. The molecule has 0 heterocycles. The van der Waals surface area contributed by atoms with Crippen LogP contribution in [0.5, 0.6) is 0 Å². The third kappa shape index (κ3) is 3.44. The molecule has 1 aromatic carbocycles. The third-order valence-electron chi connectivity index (χ3n) is 1.59. The van der Waals surface area contributed by atoms with Gasteiger partial charge in [-0.1, -0.05) is 11.6 Å². The molecule has 4 nitrogen and oxygen atoms in total. The maximum absolute atomic E-state index is 10.6. The molecule has 0 saturated carbocycles. The summed E-state index contributed by atoms with van der Waals surface area (Å²) in [6.07, 6.45) is 2.19. The zero-order valence-electron chi connectivity index (χ0n) is 7.48. The Bertz CT molecular complexity index is 437. The van der Waals surface area contributed by atoms with Gasteiger partial charge in [-0.2, -0.15) is 0 Å². The highest BCUT2D eigenvalue weighted by Gasteiger charge is 2.04. The van der Waals surface area contributed by atoms with Crippen molar-refractivity contribution in [2.24, 2.45) is 0 Å². The van der Waals surface area contributed by atoms with Crippen molar-refractivity contribution in [3.05, 3.63) is 40.4 Å². The van der Waals surface area contributed by atoms with Gasteiger partial charge in [-0.15, -0.1) is 0 Å². The van der Waals surface area contributed by atoms with Crippen LogP contribution in [0, 0.1) is 0 Å². The summed E-state index contributed by atoms with van der Waals surface area (Å²) in [4.78, 5) is 20.9. The normalized spacial score (nSPS) is 10.5. The molecule has 0 aliphatic rings. The molecule has 0 saturated heterocycles. The minimum atomic E-state index is -1.11. The summed E-state index contributed by atoms with van der Waals surface area (Å²) in [7, 11) is 0. The summed E-state index contributed by atoms with van der Waals surface area (Å²) >= 11 is 5.66. The van der Waals surface area contributed by atoms with Crippen LogP contribution in [0.3, 0.4) is 0 Å². The molecule has 0 atom stereocenters. The van der Waals surface area contributed by atoms with E-state index in [2.05, 4.69) is 0 Å². The molecule has 5 heteroatoms. The highest BCUT2D eigenvalue weighted by atomic mass is 35.5. The molecule has 78 valence electrons. The predicted molar refractivity (Wildman–Crippen MR) is 55.1 cm³/mol. The molecule has 1 rings (SSSR count). The van der Waals surface area contributed by atoms with Gasteiger partial charge in [0.15, 0.2) is 0 Å². The van der Waals surface area contributed by atoms with Gasteiger partial charge in [-0.3, -0.25) is 0 Å². The van der Waals surface area contributed by atoms with Gasteiger partial charge in [0.2, 0.25) is 0 Å². The molecular weight excluding hydrogens is 220 g/mol. The summed E-state index contributed by atoms with van der Waals surface area (Å²) < 4.78 is 0. The SMILES string of the molecule is O=C(O)C=Cc1cc(Cl)cc(C(=O)O)c1. The van der Waals surface area contributed by atoms with E-state index < -0.39 is 11.9 Å². The van der Waals surface area contributed by atoms with E-state index in [-0.39, 0.29) is 10.6 Å². The summed E-state index contributed by atoms with van der Waals surface area (Å²) in [6, 6.07) is 4.11. The number of hydrogen-bond acceptors (Lipinski definition) is 2. The van der Waals surface area contributed by atoms with E-state index in [1.165, 1.54) is 24.3 Å². The topological polar surface area (TPSA) is 74.6 Å². The second-order valence-electron chi connectivity index (χ2n) is 2.75. The third-order valence-corrected chi connectivity index (χ3v) is 1.80. The number of carboxylic acids is 2. The summed E-state index contributed by atoms with van der Waals surface area (Å²) in [5.74, 6) is -2.21. The van der Waals surface area contributed by atoms with Crippen molar-refractivity contribution in [3.63, 3.8) is 0 Å². The van der Waals surface area contributed by atoms with Gasteiger partial charge in [0.05, 0.1) is 5.56 Å². The lowest BCUT2D eigenvalue weighted by Crippen LogP contribution is -1.96. The Morgan fingerprint density at radius 2 is 1.87 bits per heavy atom. The summed E-state index contributed by atoms with van der Waals surface area (Å²) in [5, 5.41) is 17.3. The molecule has 0 aromatic heterocycles. The molecule has 0 aliphatic carbocycles. The van der Waals surface area contributed by atoms with Crippen LogP contribution >= 0.6 is 11.6 Å². The number of rotatable bonds is 3. The fourth-order valence-corrected chi connectivity index (χ4v) is 1.24. The minimum absolute atomic E-state index is 0.0209. The number of carboxylic acid groups (broad SMARTS) is 2. The molecular formula is C10H7ClO4. The monoisotopic (exact) mass is 226 g/mol. The van der Waals surface area contributed by atoms with Crippen LogP contribution in [0.1, 0.15) is 15.9 Å². The quantitative estimate of drug-likeness (QED) is 0.775. The molecule has 1 aromatic rings. The maximum atomic E-state index is 10.6. The van der Waals surface area contributed by atoms with Gasteiger partial charge in [-0.05, 0) is 29.8 Å². The van der Waals surface area contributed by atoms with E-state index in [0.717, 1.165) is 6.08 Å². The Morgan fingerprint density at radius 3 is 2.40 bits per heavy atom. The van der Waals surface area contributed by atoms with Crippen molar-refractivity contribution in [3.8, 4) is 0 Å². The number of hydrogen-bond donors (Lipinski definition) is 2. The van der Waals surface area contributed by atoms with Crippen molar-refractivity contribution in [1.29, 1.82) is 0 Å². The van der Waals surface area contributed by atoms with E-state index in [4.69, 9.17) is 21.8 Å². The van der Waals surface area contributed by atoms with Crippen molar-refractivity contribution < 1.29 is 19.8 Å². The second-order valence-corrected chi connectivity index (χ2v) is 3.19. The summed E-state index contributed by atoms with van der Waals surface area (Å²) in [6.45, 7) is 0. The molecule has 0 bridgehead atoms. The Balaban J connectivity index is 3.09. The van der Waals surface area contributed by atoms with Crippen LogP contribution < -0.4 is 0 Å². The van der Waals surface area contributed by atoms with Crippen LogP contribution in [-0.2, 0) is 4.79 Å². The number of halogens is 1. The van der Waals surface area contributed by atoms with Gasteiger partial charge in [0.1, 0.15) is 0 Å². The van der Waals surface area contributed by atoms with E-state index in [0.29, 0.717) is 5.56 Å². The van der Waals surface area contributed by atoms with E-state index in [1.807, 2.05) is 0 Å². The lowest BCUT2D eigenvalue weighted by molar-refractivity contribution is -0.131. The van der Waals surface area contributed by atoms with Crippen LogP contribution in [0.15, 0.2) is 24.3 Å². The molecule has 0 aliphatic heterocycles. The zero-order chi connectivity index (χ0) is 11.4. The van der Waals surface area contributed by atoms with Gasteiger partial charge in [0, 0.05) is 11.1 Å². The lowest BCUT2D eigenvalue weighted by Gasteiger charge is -1.98. The largest absolute Gasteiger partial charge is 0.478 e. The lowest BCUT2D eigenvalue weighted by atomic mass is 10.1. The van der Waals surface area contributed by atoms with Gasteiger partial charge >= 0.3 is 11.9 Å². The van der Waals surface area contributed by atoms with Crippen LogP contribution in [-0.4, -0.2) is 22.2 Å². The van der Waals surface area contributed by atoms with Gasteiger partial charge in [0.25, 0.3) is 0 Å². The zero-order valence-corrected chi connectivity index (χ0v) is 8.23. The average Bonchev–Trinajstić information content (AvgIpc) is 2.13. The first-order valence-electron chi connectivity index (χ1n) is 3.94. The highest BCUT2D eigenvalue weighted by molar-refractivity contribution is 6.31. The number of benzene rings is 1. The van der Waals surface area contributed by atoms with Crippen LogP contribution in [0.25, 0.3) is 6.08 Å².